The molecule has 0 bridgehead atoms. The second-order valence-electron chi connectivity index (χ2n) is 7.38. The Morgan fingerprint density at radius 2 is 1.50 bits per heavy atom. The van der Waals surface area contributed by atoms with E-state index in [4.69, 9.17) is 0 Å². The Balaban J connectivity index is 1.52. The van der Waals surface area contributed by atoms with E-state index in [2.05, 4.69) is 5.32 Å². The number of halogens is 1. The number of fused-ring (bicyclic) bond motifs is 1. The molecule has 0 aliphatic carbocycles. The van der Waals surface area contributed by atoms with Gasteiger partial charge < -0.3 is 15.1 Å². The summed E-state index contributed by atoms with van der Waals surface area (Å²) in [6.07, 6.45) is 1.29. The van der Waals surface area contributed by atoms with E-state index in [-0.39, 0.29) is 48.6 Å². The van der Waals surface area contributed by atoms with Gasteiger partial charge in [0.25, 0.3) is 11.8 Å². The molecule has 9 heteroatoms. The first-order valence-corrected chi connectivity index (χ1v) is 10.1. The predicted molar refractivity (Wildman–Crippen MR) is 115 cm³/mol. The number of piperazine rings is 1. The highest BCUT2D eigenvalue weighted by molar-refractivity contribution is 6.37. The van der Waals surface area contributed by atoms with Gasteiger partial charge in [-0.2, -0.15) is 0 Å². The fourth-order valence-corrected chi connectivity index (χ4v) is 3.83. The summed E-state index contributed by atoms with van der Waals surface area (Å²) in [7, 11) is 1.42. The number of amides is 3. The summed E-state index contributed by atoms with van der Waals surface area (Å²) in [4.78, 5) is 53.6. The van der Waals surface area contributed by atoms with Gasteiger partial charge in [0, 0.05) is 50.4 Å². The lowest BCUT2D eigenvalue weighted by Gasteiger charge is -2.34. The number of hydrogen-bond donors (Lipinski definition) is 1. The van der Waals surface area contributed by atoms with Crippen LogP contribution in [-0.4, -0.2) is 71.2 Å². The molecule has 1 fully saturated rings. The Hall–Kier alpha value is -4.01. The van der Waals surface area contributed by atoms with Gasteiger partial charge in [0.15, 0.2) is 0 Å². The van der Waals surface area contributed by atoms with E-state index in [0.717, 1.165) is 10.6 Å². The van der Waals surface area contributed by atoms with Gasteiger partial charge in [-0.3, -0.25) is 23.7 Å². The van der Waals surface area contributed by atoms with Gasteiger partial charge in [0.1, 0.15) is 5.82 Å². The number of aromatic nitrogens is 1. The third kappa shape index (κ3) is 3.73. The van der Waals surface area contributed by atoms with Crippen LogP contribution in [0.15, 0.2) is 54.7 Å². The lowest BCUT2D eigenvalue weighted by Crippen LogP contribution is -2.52. The van der Waals surface area contributed by atoms with Gasteiger partial charge in [-0.05, 0) is 30.3 Å². The van der Waals surface area contributed by atoms with Crippen LogP contribution in [0.25, 0.3) is 10.9 Å². The molecule has 4 rings (SSSR count). The van der Waals surface area contributed by atoms with Crippen LogP contribution in [0.3, 0.4) is 0 Å². The summed E-state index contributed by atoms with van der Waals surface area (Å²) in [6, 6.07) is 12.6. The van der Waals surface area contributed by atoms with Crippen LogP contribution in [-0.2, 0) is 4.79 Å². The first-order chi connectivity index (χ1) is 15.4. The van der Waals surface area contributed by atoms with Crippen LogP contribution in [0.4, 0.5) is 4.39 Å². The molecule has 0 saturated carbocycles. The van der Waals surface area contributed by atoms with Crippen LogP contribution < -0.4 is 5.32 Å². The van der Waals surface area contributed by atoms with Crippen LogP contribution in [0.1, 0.15) is 25.5 Å². The Labute approximate surface area is 183 Å². The van der Waals surface area contributed by atoms with Gasteiger partial charge in [0.05, 0.1) is 11.1 Å². The van der Waals surface area contributed by atoms with Gasteiger partial charge in [-0.15, -0.1) is 0 Å². The lowest BCUT2D eigenvalue weighted by atomic mass is 10.1. The van der Waals surface area contributed by atoms with Crippen molar-refractivity contribution in [2.75, 3.05) is 33.2 Å². The fraction of sp³-hybridized carbons (Fsp3) is 0.217. The van der Waals surface area contributed by atoms with Crippen LogP contribution in [0, 0.1) is 5.82 Å². The fourth-order valence-electron chi connectivity index (χ4n) is 3.83. The predicted octanol–water partition coefficient (Wildman–Crippen LogP) is 1.76. The van der Waals surface area contributed by atoms with Crippen LogP contribution in [0.5, 0.6) is 0 Å². The molecule has 1 N–H and O–H groups in total. The molecule has 0 radical (unpaired) electrons. The van der Waals surface area contributed by atoms with Crippen molar-refractivity contribution >= 4 is 34.5 Å². The van der Waals surface area contributed by atoms with Gasteiger partial charge in [-0.25, -0.2) is 4.39 Å². The molecule has 164 valence electrons. The Bertz CT molecular complexity index is 1210. The molecule has 1 aliphatic rings. The number of benzene rings is 2. The number of nitrogens with zero attached hydrogens (tertiary/aromatic N) is 3. The standard InChI is InChI=1S/C23H21FN4O4/c1-25-20(29)17-7-8-18(24)16-9-10-28(19(16)17)23(32)22(31)27-13-11-26(12-14-27)21(30)15-5-3-2-4-6-15/h2-10H,11-14H2,1H3,(H,25,29). The molecule has 2 aromatic carbocycles. The average molecular weight is 436 g/mol. The van der Waals surface area contributed by atoms with Gasteiger partial charge in [0.2, 0.25) is 0 Å². The molecule has 1 aromatic heterocycles. The minimum Gasteiger partial charge on any atom is -0.355 e. The molecule has 0 atom stereocenters. The van der Waals surface area contributed by atoms with E-state index >= 15 is 0 Å². The molecule has 3 amide bonds. The van der Waals surface area contributed by atoms with E-state index in [0.29, 0.717) is 5.56 Å². The van der Waals surface area contributed by atoms with E-state index in [9.17, 15) is 23.6 Å². The first-order valence-electron chi connectivity index (χ1n) is 10.1. The van der Waals surface area contributed by atoms with Crippen molar-refractivity contribution in [3.8, 4) is 0 Å². The molecule has 3 aromatic rings. The minimum absolute atomic E-state index is 0.0422. The second-order valence-corrected chi connectivity index (χ2v) is 7.38. The summed E-state index contributed by atoms with van der Waals surface area (Å²) in [6.45, 7) is 0.965. The number of carbonyl (C=O) groups excluding carboxylic acids is 4. The van der Waals surface area contributed by atoms with Crippen molar-refractivity contribution in [2.45, 2.75) is 0 Å². The van der Waals surface area contributed by atoms with Crippen molar-refractivity contribution < 1.29 is 23.6 Å². The maximum atomic E-state index is 14.2. The molecular formula is C23H21FN4O4. The van der Waals surface area contributed by atoms with Crippen molar-refractivity contribution in [1.82, 2.24) is 19.7 Å². The lowest BCUT2D eigenvalue weighted by molar-refractivity contribution is -0.128. The summed E-state index contributed by atoms with van der Waals surface area (Å²) >= 11 is 0. The Kier molecular flexibility index (Phi) is 5.72. The Morgan fingerprint density at radius 3 is 2.16 bits per heavy atom. The Morgan fingerprint density at radius 1 is 0.844 bits per heavy atom. The first kappa shape index (κ1) is 21.2. The highest BCUT2D eigenvalue weighted by Crippen LogP contribution is 2.24. The smallest absolute Gasteiger partial charge is 0.320 e. The highest BCUT2D eigenvalue weighted by atomic mass is 19.1. The third-order valence-electron chi connectivity index (χ3n) is 5.54. The summed E-state index contributed by atoms with van der Waals surface area (Å²) in [5.41, 5.74) is 0.694. The van der Waals surface area contributed by atoms with Crippen molar-refractivity contribution in [3.63, 3.8) is 0 Å². The highest BCUT2D eigenvalue weighted by Gasteiger charge is 2.30. The SMILES string of the molecule is CNC(=O)c1ccc(F)c2ccn(C(=O)C(=O)N3CCN(C(=O)c4ccccc4)CC3)c12. The normalized spacial score (nSPS) is 13.8. The monoisotopic (exact) mass is 436 g/mol. The summed E-state index contributed by atoms with van der Waals surface area (Å²) in [5, 5.41) is 2.53. The molecule has 8 nitrogen and oxygen atoms in total. The molecular weight excluding hydrogens is 415 g/mol. The zero-order chi connectivity index (χ0) is 22.8. The number of rotatable bonds is 2. The zero-order valence-corrected chi connectivity index (χ0v) is 17.4. The van der Waals surface area contributed by atoms with E-state index in [1.165, 1.54) is 30.3 Å². The van der Waals surface area contributed by atoms with Crippen LogP contribution >= 0.6 is 0 Å². The number of hydrogen-bond acceptors (Lipinski definition) is 4. The minimum atomic E-state index is -0.890. The van der Waals surface area contributed by atoms with Crippen LogP contribution in [0.2, 0.25) is 0 Å². The van der Waals surface area contributed by atoms with Crippen molar-refractivity contribution in [2.24, 2.45) is 0 Å². The summed E-state index contributed by atoms with van der Waals surface area (Å²) in [5.74, 6) is -2.89. The second kappa shape index (κ2) is 8.62. The topological polar surface area (TPSA) is 91.7 Å². The molecule has 1 aliphatic heterocycles. The largest absolute Gasteiger partial charge is 0.355 e. The quantitative estimate of drug-likeness (QED) is 0.620. The average Bonchev–Trinajstić information content (AvgIpc) is 3.29. The van der Waals surface area contributed by atoms with Crippen molar-refractivity contribution in [1.29, 1.82) is 0 Å². The zero-order valence-electron chi connectivity index (χ0n) is 17.4. The number of carbonyl (C=O) groups is 4. The van der Waals surface area contributed by atoms with Gasteiger partial charge in [-0.1, -0.05) is 18.2 Å². The van der Waals surface area contributed by atoms with Gasteiger partial charge >= 0.3 is 11.8 Å². The van der Waals surface area contributed by atoms with E-state index in [1.807, 2.05) is 6.07 Å². The molecule has 1 saturated heterocycles. The van der Waals surface area contributed by atoms with Crippen molar-refractivity contribution in [3.05, 3.63) is 71.7 Å². The molecule has 2 heterocycles. The third-order valence-corrected chi connectivity index (χ3v) is 5.54. The maximum absolute atomic E-state index is 14.2. The molecule has 0 spiro atoms. The van der Waals surface area contributed by atoms with E-state index < -0.39 is 23.5 Å². The summed E-state index contributed by atoms with van der Waals surface area (Å²) < 4.78 is 15.2. The molecule has 32 heavy (non-hydrogen) atoms. The number of nitrogens with one attached hydrogen (secondary N) is 1. The van der Waals surface area contributed by atoms with E-state index in [1.54, 1.807) is 29.2 Å². The molecule has 0 unspecified atom stereocenters. The maximum Gasteiger partial charge on any atom is 0.320 e.